The fourth-order valence-electron chi connectivity index (χ4n) is 2.52. The molecule has 0 bridgehead atoms. The van der Waals surface area contributed by atoms with E-state index >= 15 is 0 Å². The van der Waals surface area contributed by atoms with Gasteiger partial charge in [-0.2, -0.15) is 5.10 Å². The van der Waals surface area contributed by atoms with Crippen molar-refractivity contribution in [2.24, 2.45) is 5.10 Å². The molecular formula is C19H23N3O4S. The summed E-state index contributed by atoms with van der Waals surface area (Å²) >= 11 is 0. The summed E-state index contributed by atoms with van der Waals surface area (Å²) in [6.07, 6.45) is 1.05. The molecule has 2 aromatic carbocycles. The molecule has 0 spiro atoms. The Balaban J connectivity index is 2.21. The Labute approximate surface area is 159 Å². The van der Waals surface area contributed by atoms with Gasteiger partial charge in [-0.1, -0.05) is 24.3 Å². The summed E-state index contributed by atoms with van der Waals surface area (Å²) in [6.45, 7) is 4.86. The molecule has 0 aliphatic carbocycles. The van der Waals surface area contributed by atoms with Gasteiger partial charge in [0, 0.05) is 5.56 Å². The van der Waals surface area contributed by atoms with Gasteiger partial charge in [0.2, 0.25) is 10.0 Å². The van der Waals surface area contributed by atoms with Crippen molar-refractivity contribution in [3.63, 3.8) is 0 Å². The van der Waals surface area contributed by atoms with E-state index < -0.39 is 22.5 Å². The molecule has 0 atom stereocenters. The van der Waals surface area contributed by atoms with Crippen molar-refractivity contribution in [1.29, 1.82) is 0 Å². The van der Waals surface area contributed by atoms with E-state index in [1.165, 1.54) is 6.07 Å². The number of phenols is 1. The van der Waals surface area contributed by atoms with Crippen molar-refractivity contribution >= 4 is 27.3 Å². The van der Waals surface area contributed by atoms with Crippen LogP contribution in [0.4, 0.5) is 5.69 Å². The van der Waals surface area contributed by atoms with Crippen LogP contribution in [0.25, 0.3) is 0 Å². The topological polar surface area (TPSA) is 99.1 Å². The second-order valence-electron chi connectivity index (χ2n) is 6.31. The SMILES string of the molecule is C/C(=N/NC(=O)CN(c1cc(C)ccc1C)S(C)(=O)=O)c1ccccc1O. The maximum absolute atomic E-state index is 12.3. The lowest BCUT2D eigenvalue weighted by molar-refractivity contribution is -0.119. The molecule has 0 saturated heterocycles. The van der Waals surface area contributed by atoms with Crippen LogP contribution in [0.2, 0.25) is 0 Å². The molecule has 0 saturated carbocycles. The number of anilines is 1. The Morgan fingerprint density at radius 3 is 2.48 bits per heavy atom. The van der Waals surface area contributed by atoms with Gasteiger partial charge < -0.3 is 5.11 Å². The summed E-state index contributed by atoms with van der Waals surface area (Å²) < 4.78 is 25.5. The zero-order valence-corrected chi connectivity index (χ0v) is 16.5. The van der Waals surface area contributed by atoms with E-state index in [4.69, 9.17) is 0 Å². The number of nitrogens with one attached hydrogen (secondary N) is 1. The van der Waals surface area contributed by atoms with Gasteiger partial charge in [-0.25, -0.2) is 13.8 Å². The molecule has 0 fully saturated rings. The van der Waals surface area contributed by atoms with E-state index in [0.717, 1.165) is 21.7 Å². The van der Waals surface area contributed by atoms with E-state index in [1.54, 1.807) is 44.2 Å². The number of amides is 1. The van der Waals surface area contributed by atoms with Gasteiger partial charge in [-0.15, -0.1) is 0 Å². The minimum absolute atomic E-state index is 0.0427. The molecule has 0 heterocycles. The number of aromatic hydroxyl groups is 1. The number of para-hydroxylation sites is 1. The normalized spacial score (nSPS) is 11.9. The van der Waals surface area contributed by atoms with Crippen molar-refractivity contribution < 1.29 is 18.3 Å². The van der Waals surface area contributed by atoms with Crippen LogP contribution in [0, 0.1) is 13.8 Å². The number of hydrogen-bond donors (Lipinski definition) is 2. The molecule has 2 N–H and O–H groups in total. The molecule has 0 radical (unpaired) electrons. The van der Waals surface area contributed by atoms with E-state index in [2.05, 4.69) is 10.5 Å². The first kappa shape index (κ1) is 20.4. The Hall–Kier alpha value is -2.87. The second-order valence-corrected chi connectivity index (χ2v) is 8.22. The standard InChI is InChI=1S/C19H23N3O4S/c1-13-9-10-14(2)17(11-13)22(27(4,25)26)12-19(24)21-20-15(3)16-7-5-6-8-18(16)23/h5-11,23H,12H2,1-4H3,(H,21,24)/b20-15-. The van der Waals surface area contributed by atoms with E-state index in [9.17, 15) is 18.3 Å². The molecule has 2 aromatic rings. The van der Waals surface area contributed by atoms with Gasteiger partial charge >= 0.3 is 0 Å². The molecule has 27 heavy (non-hydrogen) atoms. The van der Waals surface area contributed by atoms with Crippen LogP contribution >= 0.6 is 0 Å². The van der Waals surface area contributed by atoms with Crippen LogP contribution in [0.1, 0.15) is 23.6 Å². The maximum Gasteiger partial charge on any atom is 0.260 e. The first-order valence-corrected chi connectivity index (χ1v) is 10.1. The van der Waals surface area contributed by atoms with Gasteiger partial charge in [0.1, 0.15) is 12.3 Å². The Bertz CT molecular complexity index is 984. The number of benzene rings is 2. The average Bonchev–Trinajstić information content (AvgIpc) is 2.59. The third-order valence-electron chi connectivity index (χ3n) is 3.96. The van der Waals surface area contributed by atoms with Gasteiger partial charge in [-0.05, 0) is 50.1 Å². The lowest BCUT2D eigenvalue weighted by atomic mass is 10.1. The lowest BCUT2D eigenvalue weighted by Crippen LogP contribution is -2.39. The first-order valence-electron chi connectivity index (χ1n) is 8.26. The number of sulfonamides is 1. The molecule has 8 heteroatoms. The van der Waals surface area contributed by atoms with Crippen molar-refractivity contribution in [2.45, 2.75) is 20.8 Å². The number of nitrogens with zero attached hydrogens (tertiary/aromatic N) is 2. The summed E-state index contributed by atoms with van der Waals surface area (Å²) in [5.41, 5.74) is 5.31. The molecule has 0 aromatic heterocycles. The van der Waals surface area contributed by atoms with Crippen molar-refractivity contribution in [3.05, 3.63) is 59.2 Å². The van der Waals surface area contributed by atoms with Crippen LogP contribution < -0.4 is 9.73 Å². The Morgan fingerprint density at radius 2 is 1.85 bits per heavy atom. The quantitative estimate of drug-likeness (QED) is 0.585. The number of aryl methyl sites for hydroxylation is 2. The molecular weight excluding hydrogens is 366 g/mol. The highest BCUT2D eigenvalue weighted by atomic mass is 32.2. The molecule has 2 rings (SSSR count). The van der Waals surface area contributed by atoms with E-state index in [-0.39, 0.29) is 5.75 Å². The highest BCUT2D eigenvalue weighted by Crippen LogP contribution is 2.23. The lowest BCUT2D eigenvalue weighted by Gasteiger charge is -2.23. The highest BCUT2D eigenvalue weighted by molar-refractivity contribution is 7.92. The van der Waals surface area contributed by atoms with Crippen molar-refractivity contribution in [2.75, 3.05) is 17.1 Å². The fraction of sp³-hybridized carbons (Fsp3) is 0.263. The van der Waals surface area contributed by atoms with Crippen molar-refractivity contribution in [3.8, 4) is 5.75 Å². The second kappa shape index (κ2) is 8.22. The third kappa shape index (κ3) is 5.30. The van der Waals surface area contributed by atoms with Crippen molar-refractivity contribution in [1.82, 2.24) is 5.43 Å². The molecule has 7 nitrogen and oxygen atoms in total. The van der Waals surface area contributed by atoms with Gasteiger partial charge in [0.05, 0.1) is 17.7 Å². The highest BCUT2D eigenvalue weighted by Gasteiger charge is 2.22. The smallest absolute Gasteiger partial charge is 0.260 e. The van der Waals surface area contributed by atoms with Crippen LogP contribution in [-0.4, -0.2) is 37.9 Å². The van der Waals surface area contributed by atoms with E-state index in [1.807, 2.05) is 13.0 Å². The van der Waals surface area contributed by atoms with Crippen LogP contribution in [0.3, 0.4) is 0 Å². The molecule has 1 amide bonds. The van der Waals surface area contributed by atoms with Gasteiger partial charge in [0.15, 0.2) is 0 Å². The summed E-state index contributed by atoms with van der Waals surface area (Å²) in [7, 11) is -3.67. The first-order chi connectivity index (χ1) is 12.6. The average molecular weight is 389 g/mol. The summed E-state index contributed by atoms with van der Waals surface area (Å²) in [4.78, 5) is 12.3. The molecule has 0 aliphatic heterocycles. The minimum Gasteiger partial charge on any atom is -0.507 e. The fourth-order valence-corrected chi connectivity index (χ4v) is 3.43. The monoisotopic (exact) mass is 389 g/mol. The zero-order chi connectivity index (χ0) is 20.2. The summed E-state index contributed by atoms with van der Waals surface area (Å²) in [5.74, 6) is -0.544. The van der Waals surface area contributed by atoms with E-state index in [0.29, 0.717) is 17.0 Å². The summed E-state index contributed by atoms with van der Waals surface area (Å²) in [5, 5.41) is 13.8. The number of hydrazone groups is 1. The number of carbonyl (C=O) groups excluding carboxylic acids is 1. The maximum atomic E-state index is 12.3. The molecule has 0 aliphatic rings. The van der Waals surface area contributed by atoms with Crippen LogP contribution in [-0.2, 0) is 14.8 Å². The predicted molar refractivity (Wildman–Crippen MR) is 107 cm³/mol. The molecule has 0 unspecified atom stereocenters. The van der Waals surface area contributed by atoms with Gasteiger partial charge in [-0.3, -0.25) is 9.10 Å². The van der Waals surface area contributed by atoms with Gasteiger partial charge in [0.25, 0.3) is 5.91 Å². The number of carbonyl (C=O) groups is 1. The summed E-state index contributed by atoms with van der Waals surface area (Å²) in [6, 6.07) is 12.0. The van der Waals surface area contributed by atoms with Crippen LogP contribution in [0.5, 0.6) is 5.75 Å². The minimum atomic E-state index is -3.67. The number of phenolic OH excluding ortho intramolecular Hbond substituents is 1. The number of hydrogen-bond acceptors (Lipinski definition) is 5. The molecule has 144 valence electrons. The largest absolute Gasteiger partial charge is 0.507 e. The Morgan fingerprint density at radius 1 is 1.19 bits per heavy atom. The predicted octanol–water partition coefficient (Wildman–Crippen LogP) is 2.32. The van der Waals surface area contributed by atoms with Crippen LogP contribution in [0.15, 0.2) is 47.6 Å². The zero-order valence-electron chi connectivity index (χ0n) is 15.7. The Kier molecular flexibility index (Phi) is 6.22. The third-order valence-corrected chi connectivity index (χ3v) is 5.09. The number of rotatable bonds is 6.